The van der Waals surface area contributed by atoms with Crippen molar-refractivity contribution in [1.82, 2.24) is 30.4 Å². The van der Waals surface area contributed by atoms with E-state index in [1.165, 1.54) is 10.9 Å². The number of aryl methyl sites for hydroxylation is 1. The van der Waals surface area contributed by atoms with Crippen molar-refractivity contribution >= 4 is 12.0 Å². The van der Waals surface area contributed by atoms with Gasteiger partial charge in [-0.15, -0.1) is 0 Å². The summed E-state index contributed by atoms with van der Waals surface area (Å²) in [5.74, 6) is -1.15. The van der Waals surface area contributed by atoms with Gasteiger partial charge in [-0.2, -0.15) is 5.10 Å². The Labute approximate surface area is 120 Å². The van der Waals surface area contributed by atoms with E-state index in [0.29, 0.717) is 18.5 Å². The summed E-state index contributed by atoms with van der Waals surface area (Å²) in [5.41, 5.74) is 1.30. The van der Waals surface area contributed by atoms with Gasteiger partial charge in [0.25, 0.3) is 0 Å². The third kappa shape index (κ3) is 4.06. The number of hydrogen-bond acceptors (Lipinski definition) is 4. The van der Waals surface area contributed by atoms with E-state index in [4.69, 9.17) is 5.11 Å². The standard InChI is InChI=1S/C12H16N6O3/c1-18-6-8(4-16-18)10(11(19)20)17-12(21)14-3-2-9-5-13-7-15-9/h4-7,10H,2-3H2,1H3,(H,13,15)(H,19,20)(H2,14,17,21). The van der Waals surface area contributed by atoms with Crippen LogP contribution >= 0.6 is 0 Å². The van der Waals surface area contributed by atoms with Crippen LogP contribution in [0.1, 0.15) is 17.3 Å². The zero-order valence-electron chi connectivity index (χ0n) is 11.4. The van der Waals surface area contributed by atoms with Crippen molar-refractivity contribution in [3.05, 3.63) is 36.2 Å². The first-order valence-corrected chi connectivity index (χ1v) is 6.29. The molecule has 0 aliphatic rings. The monoisotopic (exact) mass is 292 g/mol. The number of carbonyl (C=O) groups excluding carboxylic acids is 1. The van der Waals surface area contributed by atoms with Crippen LogP contribution in [0.15, 0.2) is 24.9 Å². The van der Waals surface area contributed by atoms with E-state index in [1.807, 2.05) is 0 Å². The molecular weight excluding hydrogens is 276 g/mol. The second-order valence-electron chi connectivity index (χ2n) is 4.45. The van der Waals surface area contributed by atoms with Gasteiger partial charge >= 0.3 is 12.0 Å². The molecule has 2 rings (SSSR count). The zero-order valence-corrected chi connectivity index (χ0v) is 11.4. The van der Waals surface area contributed by atoms with Crippen molar-refractivity contribution < 1.29 is 14.7 Å². The number of aliphatic carboxylic acids is 1. The van der Waals surface area contributed by atoms with E-state index >= 15 is 0 Å². The topological polar surface area (TPSA) is 125 Å². The highest BCUT2D eigenvalue weighted by molar-refractivity contribution is 5.83. The highest BCUT2D eigenvalue weighted by Gasteiger charge is 2.23. The zero-order chi connectivity index (χ0) is 15.2. The van der Waals surface area contributed by atoms with Gasteiger partial charge in [-0.1, -0.05) is 0 Å². The summed E-state index contributed by atoms with van der Waals surface area (Å²) in [5, 5.41) is 18.1. The Kier molecular flexibility index (Phi) is 4.54. The summed E-state index contributed by atoms with van der Waals surface area (Å²) in [6.45, 7) is 0.368. The van der Waals surface area contributed by atoms with Crippen LogP contribution in [-0.4, -0.2) is 43.4 Å². The van der Waals surface area contributed by atoms with E-state index < -0.39 is 18.0 Å². The molecule has 0 bridgehead atoms. The summed E-state index contributed by atoms with van der Waals surface area (Å²) in [4.78, 5) is 29.7. The number of rotatable bonds is 6. The van der Waals surface area contributed by atoms with Crippen molar-refractivity contribution in [2.75, 3.05) is 6.54 Å². The molecule has 0 fully saturated rings. The molecule has 112 valence electrons. The Bertz CT molecular complexity index is 606. The van der Waals surface area contributed by atoms with E-state index in [2.05, 4.69) is 25.7 Å². The number of carboxylic acid groups (broad SMARTS) is 1. The summed E-state index contributed by atoms with van der Waals surface area (Å²) in [6, 6.07) is -1.68. The van der Waals surface area contributed by atoms with Crippen LogP contribution in [0.2, 0.25) is 0 Å². The first-order chi connectivity index (χ1) is 10.1. The van der Waals surface area contributed by atoms with Crippen LogP contribution in [0.25, 0.3) is 0 Å². The molecule has 2 aromatic rings. The van der Waals surface area contributed by atoms with Crippen molar-refractivity contribution in [3.8, 4) is 0 Å². The number of carboxylic acids is 1. The van der Waals surface area contributed by atoms with Gasteiger partial charge in [0, 0.05) is 43.7 Å². The third-order valence-electron chi connectivity index (χ3n) is 2.82. The maximum atomic E-state index is 11.7. The molecular formula is C12H16N6O3. The average Bonchev–Trinajstić information content (AvgIpc) is 3.07. The number of aromatic nitrogens is 4. The first kappa shape index (κ1) is 14.6. The summed E-state index contributed by atoms with van der Waals surface area (Å²) in [7, 11) is 1.67. The maximum absolute atomic E-state index is 11.7. The number of hydrogen-bond donors (Lipinski definition) is 4. The van der Waals surface area contributed by atoms with Gasteiger partial charge in [0.1, 0.15) is 0 Å². The van der Waals surface area contributed by atoms with Gasteiger partial charge in [-0.25, -0.2) is 14.6 Å². The number of amides is 2. The fraction of sp³-hybridized carbons (Fsp3) is 0.333. The molecule has 0 radical (unpaired) electrons. The smallest absolute Gasteiger partial charge is 0.331 e. The van der Waals surface area contributed by atoms with Crippen molar-refractivity contribution in [2.45, 2.75) is 12.5 Å². The van der Waals surface area contributed by atoms with Crippen LogP contribution in [0.5, 0.6) is 0 Å². The lowest BCUT2D eigenvalue weighted by Crippen LogP contribution is -2.41. The Balaban J connectivity index is 1.85. The SMILES string of the molecule is Cn1cc(C(NC(=O)NCCc2cnc[nH]2)C(=O)O)cn1. The number of nitrogens with one attached hydrogen (secondary N) is 3. The molecule has 1 unspecified atom stereocenters. The quantitative estimate of drug-likeness (QED) is 0.587. The largest absolute Gasteiger partial charge is 0.479 e. The number of nitrogens with zero attached hydrogens (tertiary/aromatic N) is 3. The van der Waals surface area contributed by atoms with E-state index in [9.17, 15) is 9.59 Å². The molecule has 0 spiro atoms. The minimum atomic E-state index is -1.15. The second kappa shape index (κ2) is 6.55. The van der Waals surface area contributed by atoms with Crippen LogP contribution < -0.4 is 10.6 Å². The molecule has 9 heteroatoms. The lowest BCUT2D eigenvalue weighted by molar-refractivity contribution is -0.139. The third-order valence-corrected chi connectivity index (χ3v) is 2.82. The molecule has 0 aliphatic carbocycles. The molecule has 0 aliphatic heterocycles. The predicted octanol–water partition coefficient (Wildman–Crippen LogP) is -0.189. The molecule has 4 N–H and O–H groups in total. The van der Waals surface area contributed by atoms with E-state index in [1.54, 1.807) is 25.8 Å². The number of carbonyl (C=O) groups is 2. The summed E-state index contributed by atoms with van der Waals surface area (Å²) < 4.78 is 1.48. The first-order valence-electron chi connectivity index (χ1n) is 6.29. The lowest BCUT2D eigenvalue weighted by Gasteiger charge is -2.13. The van der Waals surface area contributed by atoms with Crippen molar-refractivity contribution in [2.24, 2.45) is 7.05 Å². The number of H-pyrrole nitrogens is 1. The molecule has 9 nitrogen and oxygen atoms in total. The van der Waals surface area contributed by atoms with E-state index in [-0.39, 0.29) is 0 Å². The Morgan fingerprint density at radius 1 is 1.48 bits per heavy atom. The van der Waals surface area contributed by atoms with Gasteiger partial charge in [0.15, 0.2) is 6.04 Å². The van der Waals surface area contributed by atoms with Gasteiger partial charge in [0.2, 0.25) is 0 Å². The molecule has 2 aromatic heterocycles. The Hall–Kier alpha value is -2.84. The molecule has 2 amide bonds. The highest BCUT2D eigenvalue weighted by Crippen LogP contribution is 2.11. The molecule has 1 atom stereocenters. The van der Waals surface area contributed by atoms with Gasteiger partial charge in [-0.05, 0) is 0 Å². The molecule has 2 heterocycles. The minimum absolute atomic E-state index is 0.368. The van der Waals surface area contributed by atoms with Crippen molar-refractivity contribution in [3.63, 3.8) is 0 Å². The van der Waals surface area contributed by atoms with Crippen LogP contribution in [-0.2, 0) is 18.3 Å². The van der Waals surface area contributed by atoms with Gasteiger partial charge in [0.05, 0.1) is 12.5 Å². The maximum Gasteiger partial charge on any atom is 0.331 e. The average molecular weight is 292 g/mol. The number of imidazole rings is 1. The second-order valence-corrected chi connectivity index (χ2v) is 4.45. The van der Waals surface area contributed by atoms with Crippen LogP contribution in [0, 0.1) is 0 Å². The van der Waals surface area contributed by atoms with Crippen LogP contribution in [0.3, 0.4) is 0 Å². The van der Waals surface area contributed by atoms with Gasteiger partial charge in [-0.3, -0.25) is 4.68 Å². The predicted molar refractivity (Wildman–Crippen MR) is 72.4 cm³/mol. The molecule has 0 saturated heterocycles. The fourth-order valence-corrected chi connectivity index (χ4v) is 1.79. The molecule has 0 saturated carbocycles. The van der Waals surface area contributed by atoms with E-state index in [0.717, 1.165) is 5.69 Å². The Morgan fingerprint density at radius 3 is 2.86 bits per heavy atom. The minimum Gasteiger partial charge on any atom is -0.479 e. The normalized spacial score (nSPS) is 11.9. The van der Waals surface area contributed by atoms with Crippen molar-refractivity contribution in [1.29, 1.82) is 0 Å². The van der Waals surface area contributed by atoms with Crippen LogP contribution in [0.4, 0.5) is 4.79 Å². The highest BCUT2D eigenvalue weighted by atomic mass is 16.4. The number of urea groups is 1. The number of aromatic amines is 1. The Morgan fingerprint density at radius 2 is 2.29 bits per heavy atom. The summed E-state index contributed by atoms with van der Waals surface area (Å²) >= 11 is 0. The fourth-order valence-electron chi connectivity index (χ4n) is 1.79. The molecule has 21 heavy (non-hydrogen) atoms. The molecule has 0 aromatic carbocycles. The van der Waals surface area contributed by atoms with Gasteiger partial charge < -0.3 is 20.7 Å². The lowest BCUT2D eigenvalue weighted by atomic mass is 10.1. The summed E-state index contributed by atoms with van der Waals surface area (Å²) in [6.07, 6.45) is 6.75.